The standard InChI is InChI=1S/C26H31N3O8S.C26H31N3O7S/c1-18-4-10-21(11-5-18)38(34,35)29-12-2-3-23(29)24(30)27-22(25(31)32)17-19-6-8-20(9-7-19)37-26(33)28-13-15-36-16-14-28;1-18-6-12-21(13-7-18)37(34,35)29-16-4-5-23(29)24(30)27-22(25(31)32)17-19-8-10-20(11-9-19)36-26(33)28-14-2-3-15-28/h4-11,22-23H,2-3,12-17H2,1H3,(H,27,30)(H,31,32);6-13,22-23H,2-5,14-17H2,1H3,(H,27,30)(H,31,32)/t2*22-,23-/m00/s1. The van der Waals surface area contributed by atoms with Crippen molar-refractivity contribution in [2.45, 2.75) is 99.2 Å². The zero-order valence-corrected chi connectivity index (χ0v) is 43.3. The molecule has 4 aromatic carbocycles. The molecule has 4 fully saturated rings. The van der Waals surface area contributed by atoms with E-state index in [0.29, 0.717) is 87.7 Å². The van der Waals surface area contributed by atoms with Crippen molar-refractivity contribution in [2.75, 3.05) is 52.5 Å². The van der Waals surface area contributed by atoms with E-state index in [0.717, 1.165) is 32.6 Å². The van der Waals surface area contributed by atoms with E-state index in [1.807, 2.05) is 13.8 Å². The monoisotopic (exact) mass is 1070 g/mol. The molecule has 402 valence electrons. The average molecular weight is 1080 g/mol. The highest BCUT2D eigenvalue weighted by atomic mass is 32.2. The molecule has 0 saturated carbocycles. The number of aliphatic carboxylic acids is 2. The van der Waals surface area contributed by atoms with Crippen LogP contribution in [0.25, 0.3) is 0 Å². The van der Waals surface area contributed by atoms with Gasteiger partial charge in [0.2, 0.25) is 31.9 Å². The van der Waals surface area contributed by atoms with Gasteiger partial charge < -0.3 is 44.9 Å². The Balaban J connectivity index is 0.000000219. The molecule has 4 N–H and O–H groups in total. The minimum Gasteiger partial charge on any atom is -0.480 e. The minimum absolute atomic E-state index is 0.0150. The van der Waals surface area contributed by atoms with E-state index < -0.39 is 80.2 Å². The van der Waals surface area contributed by atoms with Crippen molar-refractivity contribution in [3.8, 4) is 11.5 Å². The maximum atomic E-state index is 13.2. The molecule has 4 aromatic rings. The number of morpholine rings is 1. The van der Waals surface area contributed by atoms with E-state index in [2.05, 4.69) is 10.6 Å². The average Bonchev–Trinajstić information content (AvgIpc) is 4.22. The Bertz CT molecular complexity index is 2890. The lowest BCUT2D eigenvalue weighted by Gasteiger charge is -2.26. The second-order valence-electron chi connectivity index (χ2n) is 18.7. The Hall–Kier alpha value is -6.92. The van der Waals surface area contributed by atoms with E-state index in [1.54, 1.807) is 82.6 Å². The van der Waals surface area contributed by atoms with Crippen molar-refractivity contribution in [1.82, 2.24) is 29.0 Å². The van der Waals surface area contributed by atoms with E-state index in [1.165, 1.54) is 24.3 Å². The third-order valence-electron chi connectivity index (χ3n) is 13.3. The quantitative estimate of drug-likeness (QED) is 0.121. The van der Waals surface area contributed by atoms with Crippen LogP contribution in [0, 0.1) is 13.8 Å². The number of nitrogens with one attached hydrogen (secondary N) is 2. The molecule has 4 atom stereocenters. The van der Waals surface area contributed by atoms with Crippen molar-refractivity contribution >= 4 is 56.0 Å². The number of rotatable bonds is 16. The molecule has 4 aliphatic heterocycles. The number of carbonyl (C=O) groups is 6. The third-order valence-corrected chi connectivity index (χ3v) is 17.1. The Morgan fingerprint density at radius 3 is 1.25 bits per heavy atom. The van der Waals surface area contributed by atoms with E-state index in [4.69, 9.17) is 14.2 Å². The number of hydrogen-bond donors (Lipinski definition) is 4. The number of carboxylic acid groups (broad SMARTS) is 2. The molecule has 4 saturated heterocycles. The highest BCUT2D eigenvalue weighted by Gasteiger charge is 2.42. The number of sulfonamides is 2. The van der Waals surface area contributed by atoms with E-state index in [9.17, 15) is 55.8 Å². The molecule has 0 bridgehead atoms. The largest absolute Gasteiger partial charge is 0.480 e. The molecule has 21 nitrogen and oxygen atoms in total. The van der Waals surface area contributed by atoms with Crippen LogP contribution in [0.4, 0.5) is 9.59 Å². The fourth-order valence-corrected chi connectivity index (χ4v) is 12.4. The number of amides is 4. The van der Waals surface area contributed by atoms with Crippen LogP contribution in [-0.4, -0.2) is 158 Å². The number of hydrogen-bond acceptors (Lipinski definition) is 13. The van der Waals surface area contributed by atoms with Gasteiger partial charge in [-0.3, -0.25) is 9.59 Å². The van der Waals surface area contributed by atoms with Crippen molar-refractivity contribution in [3.63, 3.8) is 0 Å². The summed E-state index contributed by atoms with van der Waals surface area (Å²) < 4.78 is 70.9. The topological polar surface area (TPSA) is 276 Å². The van der Waals surface area contributed by atoms with Gasteiger partial charge in [0.1, 0.15) is 35.7 Å². The van der Waals surface area contributed by atoms with Gasteiger partial charge in [-0.1, -0.05) is 59.7 Å². The van der Waals surface area contributed by atoms with E-state index >= 15 is 0 Å². The highest BCUT2D eigenvalue weighted by molar-refractivity contribution is 7.89. The molecule has 0 aliphatic carbocycles. The lowest BCUT2D eigenvalue weighted by molar-refractivity contribution is -0.142. The second kappa shape index (κ2) is 25.1. The molecule has 4 aliphatic rings. The lowest BCUT2D eigenvalue weighted by Crippen LogP contribution is -2.51. The maximum Gasteiger partial charge on any atom is 0.415 e. The number of nitrogens with zero attached hydrogens (tertiary/aromatic N) is 4. The van der Waals surface area contributed by atoms with Crippen molar-refractivity contribution in [2.24, 2.45) is 0 Å². The highest BCUT2D eigenvalue weighted by Crippen LogP contribution is 2.29. The van der Waals surface area contributed by atoms with Gasteiger partial charge in [0.05, 0.1) is 23.0 Å². The molecule has 0 unspecified atom stereocenters. The summed E-state index contributed by atoms with van der Waals surface area (Å²) in [4.78, 5) is 77.7. The molecule has 4 heterocycles. The Morgan fingerprint density at radius 2 is 0.893 bits per heavy atom. The molecule has 0 spiro atoms. The van der Waals surface area contributed by atoms with Crippen LogP contribution in [0.3, 0.4) is 0 Å². The SMILES string of the molecule is Cc1ccc(S(=O)(=O)N2CCC[C@H]2C(=O)N[C@@H](Cc2ccc(OC(=O)N3CCCC3)cc2)C(=O)O)cc1.Cc1ccc(S(=O)(=O)N2CCC[C@H]2C(=O)N[C@@H](Cc2ccc(OC(=O)N3CCOCC3)cc2)C(=O)O)cc1. The predicted molar refractivity (Wildman–Crippen MR) is 271 cm³/mol. The first kappa shape index (κ1) is 55.8. The van der Waals surface area contributed by atoms with Crippen LogP contribution >= 0.6 is 0 Å². The fraction of sp³-hybridized carbons (Fsp3) is 0.423. The molecule has 23 heteroatoms. The molecule has 4 amide bonds. The van der Waals surface area contributed by atoms with Crippen LogP contribution in [-0.2, 0) is 56.8 Å². The first-order valence-corrected chi connectivity index (χ1v) is 27.6. The summed E-state index contributed by atoms with van der Waals surface area (Å²) in [6, 6.07) is 21.0. The molecular weight excluding hydrogens is 1010 g/mol. The Morgan fingerprint density at radius 1 is 0.533 bits per heavy atom. The number of ether oxygens (including phenoxy) is 3. The van der Waals surface area contributed by atoms with Gasteiger partial charge >= 0.3 is 24.1 Å². The van der Waals surface area contributed by atoms with Gasteiger partial charge in [0.25, 0.3) is 0 Å². The Labute approximate surface area is 435 Å². The Kier molecular flexibility index (Phi) is 18.7. The summed E-state index contributed by atoms with van der Waals surface area (Å²) in [6.45, 7) is 7.19. The fourth-order valence-electron chi connectivity index (χ4n) is 9.04. The van der Waals surface area contributed by atoms with E-state index in [-0.39, 0.29) is 35.7 Å². The molecule has 0 radical (unpaired) electrons. The zero-order chi connectivity index (χ0) is 53.9. The van der Waals surface area contributed by atoms with Gasteiger partial charge in [-0.15, -0.1) is 0 Å². The van der Waals surface area contributed by atoms with Crippen LogP contribution < -0.4 is 20.1 Å². The van der Waals surface area contributed by atoms with Crippen molar-refractivity contribution < 1.29 is 70.0 Å². The molecule has 8 rings (SSSR count). The number of carbonyl (C=O) groups excluding carboxylic acids is 4. The molecule has 0 aromatic heterocycles. The van der Waals surface area contributed by atoms with Crippen molar-refractivity contribution in [1.29, 1.82) is 0 Å². The number of aryl methyl sites for hydroxylation is 2. The first-order valence-electron chi connectivity index (χ1n) is 24.7. The molecule has 75 heavy (non-hydrogen) atoms. The summed E-state index contributed by atoms with van der Waals surface area (Å²) in [6.07, 6.45) is 2.55. The normalized spacial score (nSPS) is 19.0. The number of carboxylic acids is 2. The zero-order valence-electron chi connectivity index (χ0n) is 41.7. The number of benzene rings is 4. The van der Waals surface area contributed by atoms with Crippen LogP contribution in [0.15, 0.2) is 107 Å². The summed E-state index contributed by atoms with van der Waals surface area (Å²) in [5, 5.41) is 24.5. The third kappa shape index (κ3) is 14.5. The summed E-state index contributed by atoms with van der Waals surface area (Å²) in [5.41, 5.74) is 3.03. The van der Waals surface area contributed by atoms with Crippen molar-refractivity contribution in [3.05, 3.63) is 119 Å². The summed E-state index contributed by atoms with van der Waals surface area (Å²) in [5.74, 6) is -3.11. The van der Waals surface area contributed by atoms with Crippen LogP contribution in [0.5, 0.6) is 11.5 Å². The second-order valence-corrected chi connectivity index (χ2v) is 22.5. The minimum atomic E-state index is -3.91. The van der Waals surface area contributed by atoms with Gasteiger partial charge in [0.15, 0.2) is 0 Å². The maximum absolute atomic E-state index is 13.2. The summed E-state index contributed by atoms with van der Waals surface area (Å²) >= 11 is 0. The van der Waals surface area contributed by atoms with Gasteiger partial charge in [0, 0.05) is 52.1 Å². The predicted octanol–water partition coefficient (Wildman–Crippen LogP) is 4.35. The van der Waals surface area contributed by atoms with Gasteiger partial charge in [-0.2, -0.15) is 8.61 Å². The first-order chi connectivity index (χ1) is 35.8. The lowest BCUT2D eigenvalue weighted by atomic mass is 10.1. The van der Waals surface area contributed by atoms with Crippen LogP contribution in [0.1, 0.15) is 60.8 Å². The number of likely N-dealkylation sites (tertiary alicyclic amines) is 1. The van der Waals surface area contributed by atoms with Gasteiger partial charge in [-0.05, 0) is 112 Å². The smallest absolute Gasteiger partial charge is 0.415 e. The summed E-state index contributed by atoms with van der Waals surface area (Å²) in [7, 11) is -7.82. The van der Waals surface area contributed by atoms with Crippen LogP contribution in [0.2, 0.25) is 0 Å². The molecular formula is C52H62N6O15S2. The van der Waals surface area contributed by atoms with Gasteiger partial charge in [-0.25, -0.2) is 36.0 Å².